The van der Waals surface area contributed by atoms with Gasteiger partial charge in [-0.25, -0.2) is 0 Å². The highest BCUT2D eigenvalue weighted by atomic mass is 16.3. The number of piperidine rings is 1. The number of carbonyl (C=O) groups is 1. The molecule has 0 bridgehead atoms. The van der Waals surface area contributed by atoms with Crippen molar-refractivity contribution >= 4 is 5.91 Å². The van der Waals surface area contributed by atoms with Crippen LogP contribution in [-0.2, 0) is 5.41 Å². The summed E-state index contributed by atoms with van der Waals surface area (Å²) in [5, 5.41) is 10.8. The van der Waals surface area contributed by atoms with E-state index in [0.717, 1.165) is 29.5 Å². The Kier molecular flexibility index (Phi) is 3.51. The first kappa shape index (κ1) is 15.4. The molecular weight excluding hydrogens is 302 g/mol. The number of aromatic amines is 1. The number of hydrogen-bond acceptors (Lipinski definition) is 3. The summed E-state index contributed by atoms with van der Waals surface area (Å²) in [5.74, 6) is 0.0306. The molecule has 1 spiro atoms. The maximum Gasteiger partial charge on any atom is 0.270 e. The van der Waals surface area contributed by atoms with E-state index in [1.165, 1.54) is 0 Å². The predicted molar refractivity (Wildman–Crippen MR) is 91.7 cm³/mol. The second-order valence-electron chi connectivity index (χ2n) is 7.10. The molecule has 1 aliphatic heterocycles. The molecule has 4 rings (SSSR count). The molecule has 2 heterocycles. The van der Waals surface area contributed by atoms with Crippen LogP contribution in [0.3, 0.4) is 0 Å². The maximum atomic E-state index is 12.6. The van der Waals surface area contributed by atoms with E-state index in [-0.39, 0.29) is 17.4 Å². The SMILES string of the molecule is Cc1c[nH]c(C(=O)N2CCC3(CC2)c2ccccc2[C@@H](N)[C@@H]3O)c1. The van der Waals surface area contributed by atoms with Crippen LogP contribution >= 0.6 is 0 Å². The second kappa shape index (κ2) is 5.46. The summed E-state index contributed by atoms with van der Waals surface area (Å²) in [5.41, 5.74) is 9.82. The number of benzene rings is 1. The number of aryl methyl sites for hydroxylation is 1. The molecule has 1 fully saturated rings. The molecule has 1 amide bonds. The lowest BCUT2D eigenvalue weighted by Gasteiger charge is -2.42. The number of aliphatic hydroxyl groups is 1. The summed E-state index contributed by atoms with van der Waals surface area (Å²) in [6.45, 7) is 3.23. The predicted octanol–water partition coefficient (Wildman–Crippen LogP) is 1.87. The van der Waals surface area contributed by atoms with Gasteiger partial charge in [0.05, 0.1) is 12.1 Å². The average Bonchev–Trinajstić information content (AvgIpc) is 3.13. The van der Waals surface area contributed by atoms with E-state index in [9.17, 15) is 9.90 Å². The van der Waals surface area contributed by atoms with Gasteiger partial charge in [-0.15, -0.1) is 0 Å². The molecule has 0 saturated carbocycles. The molecule has 1 aliphatic carbocycles. The van der Waals surface area contributed by atoms with Gasteiger partial charge in [0, 0.05) is 24.7 Å². The number of amides is 1. The third-order valence-corrected chi connectivity index (χ3v) is 5.76. The Labute approximate surface area is 141 Å². The lowest BCUT2D eigenvalue weighted by molar-refractivity contribution is 0.0260. The van der Waals surface area contributed by atoms with Crippen molar-refractivity contribution in [3.63, 3.8) is 0 Å². The quantitative estimate of drug-likeness (QED) is 0.748. The summed E-state index contributed by atoms with van der Waals surface area (Å²) < 4.78 is 0. The van der Waals surface area contributed by atoms with E-state index in [0.29, 0.717) is 18.8 Å². The molecular formula is C19H23N3O2. The molecule has 2 aliphatic rings. The first-order valence-electron chi connectivity index (χ1n) is 8.50. The molecule has 2 aromatic rings. The number of H-pyrrole nitrogens is 1. The highest BCUT2D eigenvalue weighted by molar-refractivity contribution is 5.92. The topological polar surface area (TPSA) is 82.4 Å². The van der Waals surface area contributed by atoms with Crippen LogP contribution in [0.2, 0.25) is 0 Å². The van der Waals surface area contributed by atoms with Crippen LogP contribution in [0.1, 0.15) is 46.1 Å². The Bertz CT molecular complexity index is 774. The van der Waals surface area contributed by atoms with Crippen LogP contribution in [0.25, 0.3) is 0 Å². The Morgan fingerprint density at radius 2 is 2.04 bits per heavy atom. The lowest BCUT2D eigenvalue weighted by Crippen LogP contribution is -2.50. The van der Waals surface area contributed by atoms with Crippen molar-refractivity contribution in [3.8, 4) is 0 Å². The first-order chi connectivity index (χ1) is 11.5. The maximum absolute atomic E-state index is 12.6. The van der Waals surface area contributed by atoms with Crippen LogP contribution in [0.15, 0.2) is 36.5 Å². The fourth-order valence-electron chi connectivity index (χ4n) is 4.38. The van der Waals surface area contributed by atoms with Crippen molar-refractivity contribution in [2.24, 2.45) is 5.73 Å². The van der Waals surface area contributed by atoms with Gasteiger partial charge in [-0.3, -0.25) is 4.79 Å². The highest BCUT2D eigenvalue weighted by Crippen LogP contribution is 2.50. The zero-order chi connectivity index (χ0) is 16.9. The van der Waals surface area contributed by atoms with Crippen LogP contribution in [0.4, 0.5) is 0 Å². The smallest absolute Gasteiger partial charge is 0.270 e. The van der Waals surface area contributed by atoms with Gasteiger partial charge in [0.1, 0.15) is 5.69 Å². The van der Waals surface area contributed by atoms with Gasteiger partial charge in [0.25, 0.3) is 5.91 Å². The van der Waals surface area contributed by atoms with Gasteiger partial charge in [-0.1, -0.05) is 24.3 Å². The van der Waals surface area contributed by atoms with Gasteiger partial charge >= 0.3 is 0 Å². The van der Waals surface area contributed by atoms with Crippen molar-refractivity contribution < 1.29 is 9.90 Å². The minimum Gasteiger partial charge on any atom is -0.390 e. The summed E-state index contributed by atoms with van der Waals surface area (Å²) in [4.78, 5) is 17.5. The third kappa shape index (κ3) is 2.12. The summed E-state index contributed by atoms with van der Waals surface area (Å²) in [7, 11) is 0. The zero-order valence-corrected chi connectivity index (χ0v) is 13.8. The van der Waals surface area contributed by atoms with E-state index >= 15 is 0 Å². The summed E-state index contributed by atoms with van der Waals surface area (Å²) in [6.07, 6.45) is 2.74. The number of aromatic nitrogens is 1. The molecule has 126 valence electrons. The fourth-order valence-corrected chi connectivity index (χ4v) is 4.38. The number of nitrogens with zero attached hydrogens (tertiary/aromatic N) is 1. The van der Waals surface area contributed by atoms with E-state index in [2.05, 4.69) is 11.1 Å². The molecule has 5 nitrogen and oxygen atoms in total. The Balaban J connectivity index is 1.57. The van der Waals surface area contributed by atoms with Gasteiger partial charge in [-0.05, 0) is 42.5 Å². The van der Waals surface area contributed by atoms with Crippen LogP contribution in [0, 0.1) is 6.92 Å². The van der Waals surface area contributed by atoms with Crippen molar-refractivity contribution in [1.29, 1.82) is 0 Å². The van der Waals surface area contributed by atoms with Gasteiger partial charge in [-0.2, -0.15) is 0 Å². The third-order valence-electron chi connectivity index (χ3n) is 5.76. The number of nitrogens with one attached hydrogen (secondary N) is 1. The number of carbonyl (C=O) groups excluding carboxylic acids is 1. The molecule has 5 heteroatoms. The van der Waals surface area contributed by atoms with Crippen molar-refractivity contribution in [2.75, 3.05) is 13.1 Å². The number of fused-ring (bicyclic) bond motifs is 2. The minimum absolute atomic E-state index is 0.0306. The first-order valence-corrected chi connectivity index (χ1v) is 8.50. The van der Waals surface area contributed by atoms with E-state index in [4.69, 9.17) is 5.73 Å². The van der Waals surface area contributed by atoms with Crippen LogP contribution in [0.5, 0.6) is 0 Å². The van der Waals surface area contributed by atoms with E-state index in [1.807, 2.05) is 42.3 Å². The largest absolute Gasteiger partial charge is 0.390 e. The number of aliphatic hydroxyl groups excluding tert-OH is 1. The van der Waals surface area contributed by atoms with Gasteiger partial charge < -0.3 is 20.7 Å². The van der Waals surface area contributed by atoms with Crippen molar-refractivity contribution in [1.82, 2.24) is 9.88 Å². The Morgan fingerprint density at radius 3 is 2.71 bits per heavy atom. The summed E-state index contributed by atoms with van der Waals surface area (Å²) in [6, 6.07) is 9.60. The fraction of sp³-hybridized carbons (Fsp3) is 0.421. The standard InChI is InChI=1S/C19H23N3O2/c1-12-10-15(21-11-12)18(24)22-8-6-19(7-9-22)14-5-3-2-4-13(14)16(20)17(19)23/h2-5,10-11,16-17,21,23H,6-9,20H2,1H3/t16-,17+/m1/s1. The van der Waals surface area contributed by atoms with E-state index in [1.54, 1.807) is 0 Å². The molecule has 24 heavy (non-hydrogen) atoms. The molecule has 4 N–H and O–H groups in total. The highest BCUT2D eigenvalue weighted by Gasteiger charge is 2.51. The molecule has 1 aromatic carbocycles. The Hall–Kier alpha value is -2.11. The number of rotatable bonds is 1. The monoisotopic (exact) mass is 325 g/mol. The number of likely N-dealkylation sites (tertiary alicyclic amines) is 1. The zero-order valence-electron chi connectivity index (χ0n) is 13.8. The lowest BCUT2D eigenvalue weighted by atomic mass is 9.72. The average molecular weight is 325 g/mol. The normalized spacial score (nSPS) is 25.0. The van der Waals surface area contributed by atoms with E-state index < -0.39 is 6.10 Å². The van der Waals surface area contributed by atoms with Gasteiger partial charge in [0.15, 0.2) is 0 Å². The second-order valence-corrected chi connectivity index (χ2v) is 7.10. The molecule has 0 unspecified atom stereocenters. The minimum atomic E-state index is -0.583. The molecule has 0 radical (unpaired) electrons. The molecule has 2 atom stereocenters. The number of nitrogens with two attached hydrogens (primary N) is 1. The van der Waals surface area contributed by atoms with Crippen LogP contribution < -0.4 is 5.73 Å². The van der Waals surface area contributed by atoms with Gasteiger partial charge in [0.2, 0.25) is 0 Å². The van der Waals surface area contributed by atoms with Crippen molar-refractivity contribution in [3.05, 3.63) is 58.9 Å². The van der Waals surface area contributed by atoms with Crippen molar-refractivity contribution in [2.45, 2.75) is 37.3 Å². The van der Waals surface area contributed by atoms with Crippen LogP contribution in [-0.4, -0.2) is 40.1 Å². The Morgan fingerprint density at radius 1 is 1.33 bits per heavy atom. The molecule has 1 aromatic heterocycles. The molecule has 1 saturated heterocycles. The number of hydrogen-bond donors (Lipinski definition) is 3. The summed E-state index contributed by atoms with van der Waals surface area (Å²) >= 11 is 0.